The molecule has 0 N–H and O–H groups in total. The van der Waals surface area contributed by atoms with E-state index in [0.29, 0.717) is 62.8 Å². The van der Waals surface area contributed by atoms with Crippen LogP contribution in [0.25, 0.3) is 0 Å². The number of nitrogens with zero attached hydrogens (tertiary/aromatic N) is 11. The molecule has 16 nitrogen and oxygen atoms in total. The molecule has 4 aromatic rings. The molecule has 4 amide bonds. The summed E-state index contributed by atoms with van der Waals surface area (Å²) in [6.45, 7) is 13.1. The molecular weight excluding hydrogens is 734 g/mol. The van der Waals surface area contributed by atoms with Gasteiger partial charge in [-0.3, -0.25) is 19.4 Å². The molecule has 57 heavy (non-hydrogen) atoms. The molecule has 0 aliphatic carbocycles. The average molecular weight is 786 g/mol. The fraction of sp³-hybridized carbons (Fsp3) is 0.450. The minimum Gasteiger partial charge on any atom is -0.378 e. The van der Waals surface area contributed by atoms with Crippen LogP contribution in [0, 0.1) is 5.82 Å². The molecule has 0 bridgehead atoms. The number of hydrogen-bond donors (Lipinski definition) is 0. The van der Waals surface area contributed by atoms with Gasteiger partial charge in [0.25, 0.3) is 0 Å². The Balaban J connectivity index is 0.000000196. The van der Waals surface area contributed by atoms with Crippen molar-refractivity contribution in [3.8, 4) is 0 Å². The number of anilines is 3. The molecule has 0 unspecified atom stereocenters. The van der Waals surface area contributed by atoms with Crippen molar-refractivity contribution in [2.45, 2.75) is 26.9 Å². The van der Waals surface area contributed by atoms with E-state index in [4.69, 9.17) is 4.74 Å². The van der Waals surface area contributed by atoms with Crippen LogP contribution in [0.4, 0.5) is 31.0 Å². The first-order chi connectivity index (χ1) is 27.5. The van der Waals surface area contributed by atoms with Crippen LogP contribution in [0.2, 0.25) is 0 Å². The first-order valence-corrected chi connectivity index (χ1v) is 19.2. The molecule has 5 heterocycles. The van der Waals surface area contributed by atoms with Crippen LogP contribution in [0.5, 0.6) is 0 Å². The number of aromatic nitrogens is 4. The number of piperazine rings is 2. The molecule has 0 radical (unpaired) electrons. The molecule has 3 fully saturated rings. The molecule has 3 aliphatic rings. The topological polar surface area (TPSA) is 136 Å². The number of benzene rings is 2. The second-order valence-electron chi connectivity index (χ2n) is 14.4. The van der Waals surface area contributed by atoms with E-state index in [-0.39, 0.29) is 29.7 Å². The second kappa shape index (κ2) is 19.0. The zero-order chi connectivity index (χ0) is 40.5. The van der Waals surface area contributed by atoms with Crippen LogP contribution >= 0.6 is 0 Å². The molecule has 304 valence electrons. The van der Waals surface area contributed by atoms with Gasteiger partial charge in [-0.05, 0) is 23.8 Å². The number of halogens is 1. The molecule has 3 aliphatic heterocycles. The number of amides is 4. The lowest BCUT2D eigenvalue weighted by Crippen LogP contribution is -2.49. The van der Waals surface area contributed by atoms with Crippen molar-refractivity contribution >= 4 is 40.9 Å². The minimum atomic E-state index is -0.223. The highest BCUT2D eigenvalue weighted by molar-refractivity contribution is 5.91. The first kappa shape index (κ1) is 41.0. The summed E-state index contributed by atoms with van der Waals surface area (Å²) >= 11 is 0. The Bertz CT molecular complexity index is 2000. The summed E-state index contributed by atoms with van der Waals surface area (Å²) in [4.78, 5) is 61.5. The standard InChI is InChI=1S/C22H30N6O3.C18H22FN5O2/c1-18(29)24(2)21-15-23-28(17-21)22(30)27-8-6-25(7-9-27)16-19-4-3-5-20(14-19)26-10-12-31-13-11-26;1-14(25)21(2)16-11-20-24(13-16)18(26)23-9-7-22(8-10-23)12-15-5-3-4-6-17(15)19/h3-5,14-15,17H,6-13,16H2,1-2H3;3-6,11,13H,7-10,12H2,1-2H3. The van der Waals surface area contributed by atoms with Crippen LogP contribution < -0.4 is 14.7 Å². The van der Waals surface area contributed by atoms with Crippen LogP contribution in [0.1, 0.15) is 25.0 Å². The summed E-state index contributed by atoms with van der Waals surface area (Å²) in [5.41, 5.74) is 4.38. The van der Waals surface area contributed by atoms with Gasteiger partial charge in [-0.25, -0.2) is 14.0 Å². The molecule has 0 spiro atoms. The van der Waals surface area contributed by atoms with E-state index in [1.807, 2.05) is 11.0 Å². The van der Waals surface area contributed by atoms with Crippen molar-refractivity contribution in [3.63, 3.8) is 0 Å². The lowest BCUT2D eigenvalue weighted by molar-refractivity contribution is -0.117. The van der Waals surface area contributed by atoms with E-state index >= 15 is 0 Å². The average Bonchev–Trinajstić information content (AvgIpc) is 3.93. The van der Waals surface area contributed by atoms with Crippen molar-refractivity contribution in [2.75, 3.05) is 107 Å². The Morgan fingerprint density at radius 2 is 1.18 bits per heavy atom. The summed E-state index contributed by atoms with van der Waals surface area (Å²) in [6, 6.07) is 15.1. The third-order valence-corrected chi connectivity index (χ3v) is 10.6. The van der Waals surface area contributed by atoms with Gasteiger partial charge in [0.2, 0.25) is 11.8 Å². The van der Waals surface area contributed by atoms with Crippen molar-refractivity contribution in [2.24, 2.45) is 0 Å². The van der Waals surface area contributed by atoms with E-state index in [1.54, 1.807) is 43.5 Å². The molecular formula is C40H52FN11O5. The van der Waals surface area contributed by atoms with E-state index in [0.717, 1.165) is 45.9 Å². The molecule has 2 aromatic heterocycles. The summed E-state index contributed by atoms with van der Waals surface area (Å²) in [5.74, 6) is -0.429. The summed E-state index contributed by atoms with van der Waals surface area (Å²) in [6.07, 6.45) is 6.19. The number of morpholine rings is 1. The zero-order valence-corrected chi connectivity index (χ0v) is 33.2. The summed E-state index contributed by atoms with van der Waals surface area (Å²) < 4.78 is 21.8. The van der Waals surface area contributed by atoms with Crippen molar-refractivity contribution < 1.29 is 28.3 Å². The SMILES string of the molecule is CC(=O)N(C)c1cnn(C(=O)N2CCN(Cc3cccc(N4CCOCC4)c3)CC2)c1.CC(=O)N(C)c1cnn(C(=O)N2CCN(Cc3ccccc3F)CC2)c1. The molecule has 0 atom stereocenters. The Kier molecular flexibility index (Phi) is 13.7. The van der Waals surface area contributed by atoms with Gasteiger partial charge >= 0.3 is 12.1 Å². The highest BCUT2D eigenvalue weighted by atomic mass is 19.1. The lowest BCUT2D eigenvalue weighted by atomic mass is 10.1. The Morgan fingerprint density at radius 3 is 1.68 bits per heavy atom. The Labute approximate surface area is 332 Å². The third-order valence-electron chi connectivity index (χ3n) is 10.6. The normalized spacial score (nSPS) is 16.5. The maximum Gasteiger partial charge on any atom is 0.344 e. The van der Waals surface area contributed by atoms with E-state index < -0.39 is 0 Å². The van der Waals surface area contributed by atoms with Crippen molar-refractivity contribution in [1.82, 2.24) is 39.2 Å². The van der Waals surface area contributed by atoms with Gasteiger partial charge in [0.05, 0.1) is 49.4 Å². The molecule has 0 saturated carbocycles. The summed E-state index contributed by atoms with van der Waals surface area (Å²) in [7, 11) is 3.30. The van der Waals surface area contributed by atoms with Crippen molar-refractivity contribution in [3.05, 3.63) is 90.3 Å². The monoisotopic (exact) mass is 785 g/mol. The Morgan fingerprint density at radius 1 is 0.667 bits per heavy atom. The second-order valence-corrected chi connectivity index (χ2v) is 14.4. The number of ether oxygens (including phenoxy) is 1. The van der Waals surface area contributed by atoms with E-state index in [2.05, 4.69) is 49.2 Å². The van der Waals surface area contributed by atoms with Crippen molar-refractivity contribution in [1.29, 1.82) is 0 Å². The third kappa shape index (κ3) is 10.6. The minimum absolute atomic E-state index is 0.0988. The predicted octanol–water partition coefficient (Wildman–Crippen LogP) is 3.28. The van der Waals surface area contributed by atoms with E-state index in [9.17, 15) is 23.6 Å². The summed E-state index contributed by atoms with van der Waals surface area (Å²) in [5, 5.41) is 8.20. The maximum atomic E-state index is 13.8. The van der Waals surface area contributed by atoms with Crippen LogP contribution in [0.15, 0.2) is 73.3 Å². The fourth-order valence-corrected chi connectivity index (χ4v) is 6.83. The van der Waals surface area contributed by atoms with Crippen LogP contribution in [-0.4, -0.2) is 156 Å². The Hall–Kier alpha value is -5.65. The fourth-order valence-electron chi connectivity index (χ4n) is 6.83. The van der Waals surface area contributed by atoms with Crippen LogP contribution in [-0.2, 0) is 27.4 Å². The van der Waals surface area contributed by atoms with Gasteiger partial charge in [-0.2, -0.15) is 19.6 Å². The number of rotatable bonds is 7. The van der Waals surface area contributed by atoms with E-state index in [1.165, 1.54) is 62.7 Å². The molecule has 17 heteroatoms. The van der Waals surface area contributed by atoms with Crippen LogP contribution in [0.3, 0.4) is 0 Å². The van der Waals surface area contributed by atoms with Gasteiger partial charge in [-0.1, -0.05) is 30.3 Å². The zero-order valence-electron chi connectivity index (χ0n) is 33.2. The molecule has 2 aromatic carbocycles. The number of carbonyl (C=O) groups is 4. The van der Waals surface area contributed by atoms with Gasteiger partial charge in [0.1, 0.15) is 5.82 Å². The van der Waals surface area contributed by atoms with Gasteiger partial charge in [0, 0.05) is 118 Å². The predicted molar refractivity (Wildman–Crippen MR) is 214 cm³/mol. The van der Waals surface area contributed by atoms with Gasteiger partial charge in [-0.15, -0.1) is 0 Å². The van der Waals surface area contributed by atoms with Gasteiger partial charge < -0.3 is 29.2 Å². The smallest absolute Gasteiger partial charge is 0.344 e. The number of carbonyl (C=O) groups excluding carboxylic acids is 4. The largest absolute Gasteiger partial charge is 0.378 e. The quantitative estimate of drug-likeness (QED) is 0.275. The lowest BCUT2D eigenvalue weighted by Gasteiger charge is -2.34. The van der Waals surface area contributed by atoms with Gasteiger partial charge in [0.15, 0.2) is 0 Å². The maximum absolute atomic E-state index is 13.8. The highest BCUT2D eigenvalue weighted by Crippen LogP contribution is 2.20. The first-order valence-electron chi connectivity index (χ1n) is 19.2. The number of hydrogen-bond acceptors (Lipinski definition) is 10. The molecule has 7 rings (SSSR count). The molecule has 3 saturated heterocycles. The highest BCUT2D eigenvalue weighted by Gasteiger charge is 2.25.